The van der Waals surface area contributed by atoms with E-state index in [0.717, 1.165) is 29.0 Å². The van der Waals surface area contributed by atoms with Crippen LogP contribution in [0.4, 0.5) is 0 Å². The number of para-hydroxylation sites is 2. The monoisotopic (exact) mass is 506 g/mol. The third-order valence-electron chi connectivity index (χ3n) is 6.09. The predicted molar refractivity (Wildman–Crippen MR) is 142 cm³/mol. The fraction of sp³-hybridized carbons (Fsp3) is 0.321. The summed E-state index contributed by atoms with van der Waals surface area (Å²) in [4.78, 5) is 25.0. The molecule has 4 aromatic rings. The van der Waals surface area contributed by atoms with Gasteiger partial charge in [0.1, 0.15) is 5.82 Å². The number of amides is 1. The molecule has 0 fully saturated rings. The molecule has 0 radical (unpaired) electrons. The van der Waals surface area contributed by atoms with Gasteiger partial charge in [0.2, 0.25) is 0 Å². The second-order valence-corrected chi connectivity index (χ2v) is 9.37. The number of carbonyl (C=O) groups is 1. The normalized spacial score (nSPS) is 11.2. The number of carbonyl (C=O) groups excluding carboxylic acids is 1. The third kappa shape index (κ3) is 5.46. The lowest BCUT2D eigenvalue weighted by molar-refractivity contribution is 0.0729. The van der Waals surface area contributed by atoms with Gasteiger partial charge in [0.05, 0.1) is 54.6 Å². The molecule has 4 rings (SSSR count). The Bertz CT molecular complexity index is 1340. The average Bonchev–Trinajstić information content (AvgIpc) is 3.23. The summed E-state index contributed by atoms with van der Waals surface area (Å²) in [5.41, 5.74) is 3.16. The number of hydrogen-bond donors (Lipinski definition) is 0. The lowest BCUT2D eigenvalue weighted by Gasteiger charge is -2.25. The van der Waals surface area contributed by atoms with E-state index in [2.05, 4.69) is 23.4 Å². The minimum atomic E-state index is -0.182. The highest BCUT2D eigenvalue weighted by Crippen LogP contribution is 2.38. The van der Waals surface area contributed by atoms with E-state index in [0.29, 0.717) is 42.6 Å². The molecule has 2 heterocycles. The first-order valence-electron chi connectivity index (χ1n) is 12.0. The van der Waals surface area contributed by atoms with Gasteiger partial charge < -0.3 is 18.9 Å². The number of rotatable bonds is 10. The number of methoxy groups -OCH3 is 2. The minimum Gasteiger partial charge on any atom is -0.493 e. The molecule has 188 valence electrons. The Morgan fingerprint density at radius 1 is 1.06 bits per heavy atom. The van der Waals surface area contributed by atoms with Crippen LogP contribution in [0.25, 0.3) is 11.0 Å². The van der Waals surface area contributed by atoms with Crippen molar-refractivity contribution in [3.63, 3.8) is 0 Å². The summed E-state index contributed by atoms with van der Waals surface area (Å²) in [6.07, 6.45) is 2.63. The molecule has 0 N–H and O–H groups in total. The molecule has 0 aliphatic carbocycles. The van der Waals surface area contributed by atoms with Gasteiger partial charge in [0.25, 0.3) is 5.91 Å². The van der Waals surface area contributed by atoms with Crippen molar-refractivity contribution < 1.29 is 14.3 Å². The Hall–Kier alpha value is -3.58. The molecule has 2 aromatic heterocycles. The van der Waals surface area contributed by atoms with E-state index in [9.17, 15) is 4.79 Å². The van der Waals surface area contributed by atoms with E-state index in [-0.39, 0.29) is 10.9 Å². The topological polar surface area (TPSA) is 69.5 Å². The molecular weight excluding hydrogens is 476 g/mol. The Morgan fingerprint density at radius 2 is 1.83 bits per heavy atom. The molecular formula is C28H31ClN4O3. The fourth-order valence-electron chi connectivity index (χ4n) is 4.14. The smallest absolute Gasteiger partial charge is 0.255 e. The second kappa shape index (κ2) is 11.4. The zero-order valence-corrected chi connectivity index (χ0v) is 21.8. The fourth-order valence-corrected chi connectivity index (χ4v) is 4.45. The summed E-state index contributed by atoms with van der Waals surface area (Å²) in [5.74, 6) is 1.85. The third-order valence-corrected chi connectivity index (χ3v) is 6.47. The highest BCUT2D eigenvalue weighted by atomic mass is 35.5. The van der Waals surface area contributed by atoms with Crippen LogP contribution in [-0.4, -0.2) is 46.1 Å². The molecule has 8 heteroatoms. The molecule has 7 nitrogen and oxygen atoms in total. The number of nitrogens with zero attached hydrogens (tertiary/aromatic N) is 4. The first-order chi connectivity index (χ1) is 17.4. The quantitative estimate of drug-likeness (QED) is 0.270. The van der Waals surface area contributed by atoms with Crippen LogP contribution in [0.2, 0.25) is 5.02 Å². The summed E-state index contributed by atoms with van der Waals surface area (Å²) in [6, 6.07) is 17.2. The van der Waals surface area contributed by atoms with Gasteiger partial charge in [0.15, 0.2) is 11.5 Å². The average molecular weight is 507 g/mol. The molecule has 0 atom stereocenters. The Kier molecular flexibility index (Phi) is 8.10. The van der Waals surface area contributed by atoms with Crippen LogP contribution in [0.5, 0.6) is 11.5 Å². The lowest BCUT2D eigenvalue weighted by atomic mass is 10.1. The molecule has 0 saturated heterocycles. The van der Waals surface area contributed by atoms with E-state index in [1.54, 1.807) is 18.3 Å². The predicted octanol–water partition coefficient (Wildman–Crippen LogP) is 5.84. The van der Waals surface area contributed by atoms with Gasteiger partial charge in [0, 0.05) is 12.7 Å². The van der Waals surface area contributed by atoms with Crippen molar-refractivity contribution in [3.8, 4) is 11.5 Å². The summed E-state index contributed by atoms with van der Waals surface area (Å²) < 4.78 is 12.9. The van der Waals surface area contributed by atoms with Crippen LogP contribution in [0.1, 0.15) is 42.1 Å². The van der Waals surface area contributed by atoms with E-state index in [1.807, 2.05) is 47.4 Å². The zero-order chi connectivity index (χ0) is 25.7. The van der Waals surface area contributed by atoms with E-state index >= 15 is 0 Å². The first kappa shape index (κ1) is 25.5. The number of hydrogen-bond acceptors (Lipinski definition) is 5. The summed E-state index contributed by atoms with van der Waals surface area (Å²) in [5, 5.41) is 0.235. The number of imidazole rings is 1. The SMILES string of the molecule is COc1ccc(C(=O)N(CCC(C)C)Cc2nc3ccccc3n2Cc2ccccn2)c(Cl)c1OC. The second-order valence-electron chi connectivity index (χ2n) is 9.00. The molecule has 36 heavy (non-hydrogen) atoms. The maximum Gasteiger partial charge on any atom is 0.255 e. The minimum absolute atomic E-state index is 0.182. The van der Waals surface area contributed by atoms with Crippen LogP contribution in [0.3, 0.4) is 0 Å². The molecule has 2 aromatic carbocycles. The van der Waals surface area contributed by atoms with Crippen molar-refractivity contribution in [1.82, 2.24) is 19.4 Å². The molecule has 0 bridgehead atoms. The number of ether oxygens (including phenoxy) is 2. The van der Waals surface area contributed by atoms with Gasteiger partial charge in [-0.15, -0.1) is 0 Å². The summed E-state index contributed by atoms with van der Waals surface area (Å²) in [7, 11) is 3.05. The summed E-state index contributed by atoms with van der Waals surface area (Å²) >= 11 is 6.62. The van der Waals surface area contributed by atoms with Crippen LogP contribution in [-0.2, 0) is 13.1 Å². The first-order valence-corrected chi connectivity index (χ1v) is 12.3. The van der Waals surface area contributed by atoms with Crippen molar-refractivity contribution >= 4 is 28.5 Å². The van der Waals surface area contributed by atoms with E-state index in [1.165, 1.54) is 14.2 Å². The molecule has 1 amide bonds. The number of benzene rings is 2. The van der Waals surface area contributed by atoms with Crippen LogP contribution >= 0.6 is 11.6 Å². The van der Waals surface area contributed by atoms with Crippen molar-refractivity contribution in [2.24, 2.45) is 5.92 Å². The molecule has 0 aliphatic rings. The van der Waals surface area contributed by atoms with Gasteiger partial charge in [-0.25, -0.2) is 4.98 Å². The lowest BCUT2D eigenvalue weighted by Crippen LogP contribution is -2.33. The maximum atomic E-state index is 13.8. The maximum absolute atomic E-state index is 13.8. The number of halogens is 1. The highest BCUT2D eigenvalue weighted by molar-refractivity contribution is 6.35. The van der Waals surface area contributed by atoms with Gasteiger partial charge in [-0.05, 0) is 48.7 Å². The Morgan fingerprint density at radius 3 is 2.53 bits per heavy atom. The number of fused-ring (bicyclic) bond motifs is 1. The number of pyridine rings is 1. The Balaban J connectivity index is 1.73. The standard InChI is InChI=1S/C28H31ClN4O3/c1-19(2)14-16-32(28(34)21-12-13-24(35-3)27(36-4)26(21)29)18-25-31-22-10-5-6-11-23(22)33(25)17-20-9-7-8-15-30-20/h5-13,15,19H,14,16-18H2,1-4H3. The van der Waals surface area contributed by atoms with Crippen molar-refractivity contribution in [3.05, 3.63) is 82.9 Å². The molecule has 0 spiro atoms. The van der Waals surface area contributed by atoms with Crippen LogP contribution in [0, 0.1) is 5.92 Å². The van der Waals surface area contributed by atoms with Crippen molar-refractivity contribution in [2.45, 2.75) is 33.4 Å². The van der Waals surface area contributed by atoms with Gasteiger partial charge in [-0.1, -0.05) is 43.6 Å². The largest absolute Gasteiger partial charge is 0.493 e. The molecule has 0 aliphatic heterocycles. The Labute approximate surface area is 216 Å². The van der Waals surface area contributed by atoms with Crippen LogP contribution < -0.4 is 9.47 Å². The number of aromatic nitrogens is 3. The summed E-state index contributed by atoms with van der Waals surface area (Å²) in [6.45, 7) is 5.73. The van der Waals surface area contributed by atoms with Crippen molar-refractivity contribution in [1.29, 1.82) is 0 Å². The highest BCUT2D eigenvalue weighted by Gasteiger charge is 2.25. The van der Waals surface area contributed by atoms with Crippen molar-refractivity contribution in [2.75, 3.05) is 20.8 Å². The molecule has 0 unspecified atom stereocenters. The van der Waals surface area contributed by atoms with Gasteiger partial charge >= 0.3 is 0 Å². The van der Waals surface area contributed by atoms with Crippen LogP contribution in [0.15, 0.2) is 60.8 Å². The van der Waals surface area contributed by atoms with Gasteiger partial charge in [-0.2, -0.15) is 0 Å². The van der Waals surface area contributed by atoms with Gasteiger partial charge in [-0.3, -0.25) is 9.78 Å². The zero-order valence-electron chi connectivity index (χ0n) is 21.1. The van der Waals surface area contributed by atoms with E-state index < -0.39 is 0 Å². The van der Waals surface area contributed by atoms with E-state index in [4.69, 9.17) is 26.1 Å². The molecule has 0 saturated carbocycles.